The van der Waals surface area contributed by atoms with Gasteiger partial charge in [0.05, 0.1) is 11.7 Å². The molecule has 0 bridgehead atoms. The zero-order chi connectivity index (χ0) is 17.3. The third-order valence-corrected chi connectivity index (χ3v) is 5.27. The lowest BCUT2D eigenvalue weighted by Gasteiger charge is -2.36. The molecule has 2 fully saturated rings. The van der Waals surface area contributed by atoms with Crippen molar-refractivity contribution in [2.24, 2.45) is 0 Å². The number of rotatable bonds is 4. The first-order valence-electron chi connectivity index (χ1n) is 8.65. The summed E-state index contributed by atoms with van der Waals surface area (Å²) in [6.45, 7) is 5.28. The van der Waals surface area contributed by atoms with Gasteiger partial charge in [-0.2, -0.15) is 0 Å². The molecule has 1 saturated carbocycles. The molecular weight excluding hydrogens is 309 g/mol. The zero-order valence-corrected chi connectivity index (χ0v) is 14.4. The van der Waals surface area contributed by atoms with E-state index in [9.17, 15) is 14.3 Å². The van der Waals surface area contributed by atoms with Crippen LogP contribution in [0.2, 0.25) is 0 Å². The number of amides is 1. The predicted molar refractivity (Wildman–Crippen MR) is 91.5 cm³/mol. The molecule has 24 heavy (non-hydrogen) atoms. The lowest BCUT2D eigenvalue weighted by Crippen LogP contribution is -2.52. The van der Waals surface area contributed by atoms with Crippen LogP contribution < -0.4 is 10.2 Å². The van der Waals surface area contributed by atoms with E-state index in [0.717, 1.165) is 32.6 Å². The molecule has 0 aromatic heterocycles. The molecule has 1 heterocycles. The van der Waals surface area contributed by atoms with E-state index in [4.69, 9.17) is 0 Å². The number of nitrogens with one attached hydrogen (secondary N) is 1. The average molecular weight is 335 g/mol. The maximum absolute atomic E-state index is 14.5. The molecule has 1 aromatic carbocycles. The van der Waals surface area contributed by atoms with Gasteiger partial charge in [-0.15, -0.1) is 0 Å². The van der Waals surface area contributed by atoms with Crippen molar-refractivity contribution in [1.29, 1.82) is 0 Å². The fraction of sp³-hybridized carbons (Fsp3) is 0.611. The SMILES string of the molecule is C[C@H](NC(=O)C1(O)CCC1)c1ccc(N2CCN(C)CC2)c(F)c1. The molecule has 0 unspecified atom stereocenters. The normalized spacial score (nSPS) is 21.9. The van der Waals surface area contributed by atoms with Crippen LogP contribution in [-0.2, 0) is 4.79 Å². The van der Waals surface area contributed by atoms with E-state index in [1.807, 2.05) is 13.0 Å². The minimum atomic E-state index is -1.23. The van der Waals surface area contributed by atoms with Crippen molar-refractivity contribution >= 4 is 11.6 Å². The van der Waals surface area contributed by atoms with Crippen LogP contribution in [0.15, 0.2) is 18.2 Å². The summed E-state index contributed by atoms with van der Waals surface area (Å²) < 4.78 is 14.5. The standard InChI is InChI=1S/C18H26FN3O2/c1-13(20-17(23)18(24)6-3-7-18)14-4-5-16(15(19)12-14)22-10-8-21(2)9-11-22/h4-5,12-13,24H,3,6-11H2,1-2H3,(H,20,23)/t13-/m0/s1. The van der Waals surface area contributed by atoms with Crippen molar-refractivity contribution in [3.8, 4) is 0 Å². The molecule has 6 heteroatoms. The molecule has 3 rings (SSSR count). The van der Waals surface area contributed by atoms with Gasteiger partial charge in [-0.05, 0) is 50.9 Å². The van der Waals surface area contributed by atoms with E-state index in [-0.39, 0.29) is 17.8 Å². The molecule has 132 valence electrons. The van der Waals surface area contributed by atoms with E-state index >= 15 is 0 Å². The molecule has 5 nitrogen and oxygen atoms in total. The first-order valence-corrected chi connectivity index (χ1v) is 8.65. The Kier molecular flexibility index (Phi) is 4.78. The summed E-state index contributed by atoms with van der Waals surface area (Å²) in [5, 5.41) is 12.9. The number of anilines is 1. The predicted octanol–water partition coefficient (Wildman–Crippen LogP) is 1.67. The fourth-order valence-corrected chi connectivity index (χ4v) is 3.25. The highest BCUT2D eigenvalue weighted by atomic mass is 19.1. The lowest BCUT2D eigenvalue weighted by molar-refractivity contribution is -0.149. The molecule has 0 radical (unpaired) electrons. The minimum Gasteiger partial charge on any atom is -0.380 e. The highest BCUT2D eigenvalue weighted by Crippen LogP contribution is 2.32. The van der Waals surface area contributed by atoms with E-state index < -0.39 is 5.60 Å². The first-order chi connectivity index (χ1) is 11.4. The highest BCUT2D eigenvalue weighted by molar-refractivity contribution is 5.86. The van der Waals surface area contributed by atoms with Gasteiger partial charge in [0.15, 0.2) is 0 Å². The van der Waals surface area contributed by atoms with Crippen LogP contribution in [0.3, 0.4) is 0 Å². The second-order valence-electron chi connectivity index (χ2n) is 7.08. The molecule has 1 atom stereocenters. The van der Waals surface area contributed by atoms with Crippen molar-refractivity contribution in [3.05, 3.63) is 29.6 Å². The molecule has 1 amide bonds. The summed E-state index contributed by atoms with van der Waals surface area (Å²) in [6.07, 6.45) is 1.87. The Bertz CT molecular complexity index is 610. The molecule has 0 spiro atoms. The van der Waals surface area contributed by atoms with Crippen LogP contribution >= 0.6 is 0 Å². The van der Waals surface area contributed by atoms with Crippen LogP contribution in [0.4, 0.5) is 10.1 Å². The van der Waals surface area contributed by atoms with Crippen molar-refractivity contribution < 1.29 is 14.3 Å². The van der Waals surface area contributed by atoms with E-state index in [1.165, 1.54) is 6.07 Å². The summed E-state index contributed by atoms with van der Waals surface area (Å²) in [5.41, 5.74) is 0.0942. The Balaban J connectivity index is 1.66. The van der Waals surface area contributed by atoms with Crippen LogP contribution in [0, 0.1) is 5.82 Å². The van der Waals surface area contributed by atoms with Gasteiger partial charge in [0, 0.05) is 26.2 Å². The van der Waals surface area contributed by atoms with E-state index in [0.29, 0.717) is 24.1 Å². The van der Waals surface area contributed by atoms with Crippen LogP contribution in [-0.4, -0.2) is 54.7 Å². The number of halogens is 1. The Hall–Kier alpha value is -1.66. The van der Waals surface area contributed by atoms with Crippen molar-refractivity contribution in [2.45, 2.75) is 37.8 Å². The van der Waals surface area contributed by atoms with Crippen LogP contribution in [0.1, 0.15) is 37.8 Å². The second-order valence-corrected chi connectivity index (χ2v) is 7.08. The smallest absolute Gasteiger partial charge is 0.252 e. The third kappa shape index (κ3) is 3.39. The molecule has 1 aliphatic carbocycles. The maximum atomic E-state index is 14.5. The van der Waals surface area contributed by atoms with Crippen LogP contribution in [0.25, 0.3) is 0 Å². The van der Waals surface area contributed by atoms with Gasteiger partial charge in [0.2, 0.25) is 0 Å². The zero-order valence-electron chi connectivity index (χ0n) is 14.4. The van der Waals surface area contributed by atoms with Crippen molar-refractivity contribution in [1.82, 2.24) is 10.2 Å². The monoisotopic (exact) mass is 335 g/mol. The maximum Gasteiger partial charge on any atom is 0.252 e. The molecule has 1 aromatic rings. The summed E-state index contributed by atoms with van der Waals surface area (Å²) in [6, 6.07) is 4.80. The number of hydrogen-bond acceptors (Lipinski definition) is 4. The van der Waals surface area contributed by atoms with Gasteiger partial charge in [0.1, 0.15) is 11.4 Å². The minimum absolute atomic E-state index is 0.263. The molecule has 1 saturated heterocycles. The summed E-state index contributed by atoms with van der Waals surface area (Å²) >= 11 is 0. The number of aliphatic hydroxyl groups is 1. The molecule has 2 N–H and O–H groups in total. The first kappa shape index (κ1) is 17.2. The number of piperazine rings is 1. The molecular formula is C18H26FN3O2. The van der Waals surface area contributed by atoms with Crippen molar-refractivity contribution in [3.63, 3.8) is 0 Å². The average Bonchev–Trinajstić information content (AvgIpc) is 2.53. The number of nitrogens with zero attached hydrogens (tertiary/aromatic N) is 2. The van der Waals surface area contributed by atoms with Crippen molar-refractivity contribution in [2.75, 3.05) is 38.1 Å². The largest absolute Gasteiger partial charge is 0.380 e. The van der Waals surface area contributed by atoms with Gasteiger partial charge in [-0.25, -0.2) is 4.39 Å². The summed E-state index contributed by atoms with van der Waals surface area (Å²) in [7, 11) is 2.07. The Morgan fingerprint density at radius 2 is 1.96 bits per heavy atom. The third-order valence-electron chi connectivity index (χ3n) is 5.27. The van der Waals surface area contributed by atoms with Crippen LogP contribution in [0.5, 0.6) is 0 Å². The van der Waals surface area contributed by atoms with E-state index in [2.05, 4.69) is 22.2 Å². The van der Waals surface area contributed by atoms with Gasteiger partial charge in [0.25, 0.3) is 5.91 Å². The number of benzene rings is 1. The Labute approximate surface area is 142 Å². The quantitative estimate of drug-likeness (QED) is 0.879. The van der Waals surface area contributed by atoms with Gasteiger partial charge in [-0.1, -0.05) is 6.07 Å². The second kappa shape index (κ2) is 6.69. The topological polar surface area (TPSA) is 55.8 Å². The fourth-order valence-electron chi connectivity index (χ4n) is 3.25. The Morgan fingerprint density at radius 3 is 2.50 bits per heavy atom. The number of likely N-dealkylation sites (N-methyl/N-ethyl adjacent to an activating group) is 1. The highest BCUT2D eigenvalue weighted by Gasteiger charge is 2.42. The van der Waals surface area contributed by atoms with Gasteiger partial charge >= 0.3 is 0 Å². The number of carbonyl (C=O) groups excluding carboxylic acids is 1. The summed E-state index contributed by atoms with van der Waals surface area (Å²) in [4.78, 5) is 16.4. The van der Waals surface area contributed by atoms with E-state index in [1.54, 1.807) is 6.07 Å². The summed E-state index contributed by atoms with van der Waals surface area (Å²) in [5.74, 6) is -0.620. The van der Waals surface area contributed by atoms with Gasteiger partial charge < -0.3 is 20.2 Å². The Morgan fingerprint density at radius 1 is 1.29 bits per heavy atom. The number of hydrogen-bond donors (Lipinski definition) is 2. The van der Waals surface area contributed by atoms with Gasteiger partial charge in [-0.3, -0.25) is 4.79 Å². The number of carbonyl (C=O) groups is 1. The molecule has 2 aliphatic rings. The molecule has 1 aliphatic heterocycles. The lowest BCUT2D eigenvalue weighted by atomic mass is 9.79.